The lowest BCUT2D eigenvalue weighted by Crippen LogP contribution is -2.47. The van der Waals surface area contributed by atoms with Gasteiger partial charge in [-0.1, -0.05) is 6.42 Å². The molecule has 0 radical (unpaired) electrons. The number of hydrogen-bond acceptors (Lipinski definition) is 2. The molecule has 1 atom stereocenters. The molecule has 1 fully saturated rings. The van der Waals surface area contributed by atoms with Crippen molar-refractivity contribution in [2.45, 2.75) is 46.1 Å². The van der Waals surface area contributed by atoms with Crippen LogP contribution in [-0.4, -0.2) is 29.9 Å². The van der Waals surface area contributed by atoms with Gasteiger partial charge in [-0.3, -0.25) is 9.69 Å². The van der Waals surface area contributed by atoms with Crippen LogP contribution in [0.15, 0.2) is 0 Å². The molecule has 1 saturated heterocycles. The van der Waals surface area contributed by atoms with E-state index in [-0.39, 0.29) is 5.91 Å². The molecule has 0 spiro atoms. The summed E-state index contributed by atoms with van der Waals surface area (Å²) < 4.78 is 0. The number of carbonyl (C=O) groups is 1. The summed E-state index contributed by atoms with van der Waals surface area (Å²) in [5.74, 6) is -0.199. The number of primary amides is 1. The molecule has 3 nitrogen and oxygen atoms in total. The highest BCUT2D eigenvalue weighted by molar-refractivity contribution is 5.80. The Morgan fingerprint density at radius 1 is 1.50 bits per heavy atom. The third-order valence-electron chi connectivity index (χ3n) is 3.21. The molecule has 0 bridgehead atoms. The Bertz CT molecular complexity index is 213. The molecule has 3 heteroatoms. The second kappa shape index (κ2) is 4.30. The molecule has 0 aliphatic carbocycles. The van der Waals surface area contributed by atoms with Crippen LogP contribution in [0.3, 0.4) is 0 Å². The Morgan fingerprint density at radius 3 is 2.64 bits per heavy atom. The summed E-state index contributed by atoms with van der Waals surface area (Å²) in [5, 5.41) is 0. The van der Waals surface area contributed by atoms with Crippen LogP contribution in [0.2, 0.25) is 0 Å². The third kappa shape index (κ3) is 2.71. The molecule has 82 valence electrons. The second-order valence-electron chi connectivity index (χ2n) is 5.06. The first-order chi connectivity index (χ1) is 6.43. The molecule has 0 aromatic heterocycles. The van der Waals surface area contributed by atoms with E-state index in [0.29, 0.717) is 6.04 Å². The van der Waals surface area contributed by atoms with Crippen LogP contribution < -0.4 is 5.73 Å². The summed E-state index contributed by atoms with van der Waals surface area (Å²) in [6.45, 7) is 7.99. The first-order valence-corrected chi connectivity index (χ1v) is 5.47. The van der Waals surface area contributed by atoms with Gasteiger partial charge in [0.25, 0.3) is 0 Å². The highest BCUT2D eigenvalue weighted by Crippen LogP contribution is 2.23. The molecule has 1 unspecified atom stereocenters. The molecule has 0 aromatic rings. The summed E-state index contributed by atoms with van der Waals surface area (Å²) in [6.07, 6.45) is 3.81. The van der Waals surface area contributed by atoms with Gasteiger partial charge >= 0.3 is 0 Å². The van der Waals surface area contributed by atoms with Crippen molar-refractivity contribution in [1.82, 2.24) is 4.90 Å². The number of rotatable bonds is 3. The molecular weight excluding hydrogens is 176 g/mol. The Labute approximate surface area is 86.6 Å². The Balaban J connectivity index is 2.53. The topological polar surface area (TPSA) is 46.3 Å². The van der Waals surface area contributed by atoms with Crippen LogP contribution in [0.25, 0.3) is 0 Å². The van der Waals surface area contributed by atoms with Gasteiger partial charge in [0, 0.05) is 12.6 Å². The molecule has 1 rings (SSSR count). The zero-order valence-electron chi connectivity index (χ0n) is 9.55. The summed E-state index contributed by atoms with van der Waals surface area (Å²) in [4.78, 5) is 13.6. The zero-order valence-corrected chi connectivity index (χ0v) is 9.55. The van der Waals surface area contributed by atoms with Crippen molar-refractivity contribution in [3.8, 4) is 0 Å². The van der Waals surface area contributed by atoms with Gasteiger partial charge in [-0.25, -0.2) is 0 Å². The molecule has 0 saturated carbocycles. The average Bonchev–Trinajstić information content (AvgIpc) is 2.08. The van der Waals surface area contributed by atoms with E-state index in [0.717, 1.165) is 13.1 Å². The van der Waals surface area contributed by atoms with E-state index in [2.05, 4.69) is 11.8 Å². The van der Waals surface area contributed by atoms with E-state index >= 15 is 0 Å². The number of piperidine rings is 1. The number of nitrogens with zero attached hydrogens (tertiary/aromatic N) is 1. The largest absolute Gasteiger partial charge is 0.369 e. The van der Waals surface area contributed by atoms with Gasteiger partial charge in [0.2, 0.25) is 5.91 Å². The number of hydrogen-bond donors (Lipinski definition) is 1. The van der Waals surface area contributed by atoms with Crippen molar-refractivity contribution in [1.29, 1.82) is 0 Å². The first kappa shape index (κ1) is 11.5. The number of carbonyl (C=O) groups excluding carboxylic acids is 1. The predicted molar refractivity (Wildman–Crippen MR) is 57.9 cm³/mol. The smallest absolute Gasteiger partial charge is 0.224 e. The van der Waals surface area contributed by atoms with E-state index in [1.807, 2.05) is 13.8 Å². The normalized spacial score (nSPS) is 24.9. The number of nitrogens with two attached hydrogens (primary N) is 1. The van der Waals surface area contributed by atoms with Crippen LogP contribution in [0, 0.1) is 5.41 Å². The standard InChI is InChI=1S/C11H22N2O/c1-9-6-4-5-7-13(9)8-11(2,3)10(12)14/h9H,4-8H2,1-3H3,(H2,12,14). The monoisotopic (exact) mass is 198 g/mol. The third-order valence-corrected chi connectivity index (χ3v) is 3.21. The van der Waals surface area contributed by atoms with Gasteiger partial charge < -0.3 is 5.73 Å². The summed E-state index contributed by atoms with van der Waals surface area (Å²) in [5.41, 5.74) is 4.97. The van der Waals surface area contributed by atoms with Crippen molar-refractivity contribution in [2.75, 3.05) is 13.1 Å². The van der Waals surface area contributed by atoms with Crippen LogP contribution in [0.5, 0.6) is 0 Å². The molecule has 14 heavy (non-hydrogen) atoms. The Morgan fingerprint density at radius 2 is 2.14 bits per heavy atom. The van der Waals surface area contributed by atoms with Crippen molar-refractivity contribution in [3.63, 3.8) is 0 Å². The van der Waals surface area contributed by atoms with E-state index in [1.165, 1.54) is 19.3 Å². The molecule has 1 heterocycles. The van der Waals surface area contributed by atoms with Crippen molar-refractivity contribution in [3.05, 3.63) is 0 Å². The maximum absolute atomic E-state index is 11.2. The molecule has 0 aromatic carbocycles. The maximum Gasteiger partial charge on any atom is 0.224 e. The van der Waals surface area contributed by atoms with Gasteiger partial charge in [-0.2, -0.15) is 0 Å². The lowest BCUT2D eigenvalue weighted by atomic mass is 9.90. The van der Waals surface area contributed by atoms with E-state index < -0.39 is 5.41 Å². The Kier molecular flexibility index (Phi) is 3.53. The minimum absolute atomic E-state index is 0.199. The van der Waals surface area contributed by atoms with Crippen molar-refractivity contribution >= 4 is 5.91 Å². The van der Waals surface area contributed by atoms with Gasteiger partial charge in [0.05, 0.1) is 5.41 Å². The summed E-state index contributed by atoms with van der Waals surface area (Å²) in [7, 11) is 0. The SMILES string of the molecule is CC1CCCCN1CC(C)(C)C(N)=O. The van der Waals surface area contributed by atoms with Gasteiger partial charge in [-0.05, 0) is 40.2 Å². The zero-order chi connectivity index (χ0) is 10.8. The maximum atomic E-state index is 11.2. The highest BCUT2D eigenvalue weighted by Gasteiger charge is 2.30. The van der Waals surface area contributed by atoms with Crippen LogP contribution in [0.1, 0.15) is 40.0 Å². The lowest BCUT2D eigenvalue weighted by molar-refractivity contribution is -0.127. The molecular formula is C11H22N2O. The van der Waals surface area contributed by atoms with Crippen LogP contribution in [-0.2, 0) is 4.79 Å². The fourth-order valence-electron chi connectivity index (χ4n) is 1.98. The minimum atomic E-state index is -0.397. The number of amides is 1. The number of likely N-dealkylation sites (tertiary alicyclic amines) is 1. The van der Waals surface area contributed by atoms with E-state index in [4.69, 9.17) is 5.73 Å². The van der Waals surface area contributed by atoms with Crippen LogP contribution in [0.4, 0.5) is 0 Å². The van der Waals surface area contributed by atoms with E-state index in [1.54, 1.807) is 0 Å². The second-order valence-corrected chi connectivity index (χ2v) is 5.06. The molecule has 1 aliphatic rings. The predicted octanol–water partition coefficient (Wildman–Crippen LogP) is 1.37. The van der Waals surface area contributed by atoms with E-state index in [9.17, 15) is 4.79 Å². The summed E-state index contributed by atoms with van der Waals surface area (Å²) >= 11 is 0. The molecule has 2 N–H and O–H groups in total. The van der Waals surface area contributed by atoms with Crippen LogP contribution >= 0.6 is 0 Å². The van der Waals surface area contributed by atoms with Gasteiger partial charge in [-0.15, -0.1) is 0 Å². The molecule has 1 amide bonds. The van der Waals surface area contributed by atoms with Crippen molar-refractivity contribution < 1.29 is 4.79 Å². The fourth-order valence-corrected chi connectivity index (χ4v) is 1.98. The van der Waals surface area contributed by atoms with Gasteiger partial charge in [0.1, 0.15) is 0 Å². The average molecular weight is 198 g/mol. The van der Waals surface area contributed by atoms with Crippen molar-refractivity contribution in [2.24, 2.45) is 11.1 Å². The lowest BCUT2D eigenvalue weighted by Gasteiger charge is -2.37. The minimum Gasteiger partial charge on any atom is -0.369 e. The van der Waals surface area contributed by atoms with Gasteiger partial charge in [0.15, 0.2) is 0 Å². The fraction of sp³-hybridized carbons (Fsp3) is 0.909. The summed E-state index contributed by atoms with van der Waals surface area (Å²) in [6, 6.07) is 0.599. The molecule has 1 aliphatic heterocycles. The highest BCUT2D eigenvalue weighted by atomic mass is 16.1. The Hall–Kier alpha value is -0.570. The first-order valence-electron chi connectivity index (χ1n) is 5.47. The quantitative estimate of drug-likeness (QED) is 0.744.